The number of nitro groups is 1. The topological polar surface area (TPSA) is 124 Å². The number of nitrogens with zero attached hydrogens (tertiary/aromatic N) is 4. The summed E-state index contributed by atoms with van der Waals surface area (Å²) >= 11 is 0. The van der Waals surface area contributed by atoms with Crippen molar-refractivity contribution in [3.8, 4) is 0 Å². The summed E-state index contributed by atoms with van der Waals surface area (Å²) in [5.41, 5.74) is 2.54. The van der Waals surface area contributed by atoms with Crippen LogP contribution in [0.1, 0.15) is 17.8 Å². The normalized spacial score (nSPS) is 16.6. The van der Waals surface area contributed by atoms with Crippen LogP contribution in [0.4, 0.5) is 17.1 Å². The predicted octanol–water partition coefficient (Wildman–Crippen LogP) is 2.04. The first kappa shape index (κ1) is 20.1. The average molecular weight is 434 g/mol. The van der Waals surface area contributed by atoms with Crippen LogP contribution in [0.5, 0.6) is 0 Å². The molecule has 5 rings (SSSR count). The number of nitro benzene ring substituents is 1. The van der Waals surface area contributed by atoms with E-state index < -0.39 is 0 Å². The summed E-state index contributed by atoms with van der Waals surface area (Å²) in [6, 6.07) is 10.5. The molecule has 0 spiro atoms. The van der Waals surface area contributed by atoms with Gasteiger partial charge in [0, 0.05) is 44.4 Å². The van der Waals surface area contributed by atoms with Crippen molar-refractivity contribution in [1.82, 2.24) is 14.9 Å². The maximum Gasteiger partial charge on any atom is 0.292 e. The van der Waals surface area contributed by atoms with Crippen LogP contribution in [-0.2, 0) is 17.8 Å². The van der Waals surface area contributed by atoms with E-state index in [1.54, 1.807) is 18.2 Å². The van der Waals surface area contributed by atoms with Crippen molar-refractivity contribution in [3.05, 3.63) is 68.3 Å². The fourth-order valence-corrected chi connectivity index (χ4v) is 4.37. The molecule has 0 unspecified atom stereocenters. The summed E-state index contributed by atoms with van der Waals surface area (Å²) in [6.07, 6.45) is 0.847. The summed E-state index contributed by atoms with van der Waals surface area (Å²) in [5, 5.41) is 15.1. The van der Waals surface area contributed by atoms with Crippen LogP contribution in [0.25, 0.3) is 10.9 Å². The molecule has 2 aliphatic heterocycles. The third-order valence-electron chi connectivity index (χ3n) is 6.04. The number of aryl methyl sites for hydroxylation is 1. The molecule has 2 N–H and O–H groups in total. The fourth-order valence-electron chi connectivity index (χ4n) is 4.37. The summed E-state index contributed by atoms with van der Waals surface area (Å²) in [4.78, 5) is 47.0. The summed E-state index contributed by atoms with van der Waals surface area (Å²) in [6.45, 7) is 3.00. The molecule has 0 radical (unpaired) electrons. The van der Waals surface area contributed by atoms with E-state index in [1.807, 2.05) is 23.1 Å². The van der Waals surface area contributed by atoms with E-state index in [2.05, 4.69) is 20.2 Å². The molecule has 3 aromatic rings. The number of hydrogen-bond donors (Lipinski definition) is 2. The zero-order valence-corrected chi connectivity index (χ0v) is 17.3. The molecule has 0 saturated carbocycles. The van der Waals surface area contributed by atoms with E-state index in [9.17, 15) is 19.7 Å². The number of para-hydroxylation sites is 1. The van der Waals surface area contributed by atoms with Crippen LogP contribution < -0.4 is 15.8 Å². The minimum Gasteiger partial charge on any atom is -0.363 e. The maximum atomic E-state index is 12.3. The van der Waals surface area contributed by atoms with Crippen LogP contribution in [-0.4, -0.2) is 51.9 Å². The minimum absolute atomic E-state index is 0.0638. The third-order valence-corrected chi connectivity index (χ3v) is 6.04. The van der Waals surface area contributed by atoms with Gasteiger partial charge in [-0.05, 0) is 30.2 Å². The number of fused-ring (bicyclic) bond motifs is 2. The highest BCUT2D eigenvalue weighted by Crippen LogP contribution is 2.36. The smallest absolute Gasteiger partial charge is 0.292 e. The largest absolute Gasteiger partial charge is 0.363 e. The number of H-pyrrole nitrogens is 1. The number of amides is 1. The molecular formula is C22H22N6O4. The molecule has 1 amide bonds. The van der Waals surface area contributed by atoms with Crippen LogP contribution in [0.15, 0.2) is 41.2 Å². The quantitative estimate of drug-likeness (QED) is 0.476. The Labute approximate surface area is 183 Å². The van der Waals surface area contributed by atoms with Crippen molar-refractivity contribution in [2.24, 2.45) is 0 Å². The van der Waals surface area contributed by atoms with Crippen molar-refractivity contribution < 1.29 is 9.72 Å². The van der Waals surface area contributed by atoms with Crippen molar-refractivity contribution in [2.45, 2.75) is 19.4 Å². The van der Waals surface area contributed by atoms with Gasteiger partial charge < -0.3 is 15.2 Å². The van der Waals surface area contributed by atoms with Gasteiger partial charge in [0.2, 0.25) is 5.91 Å². The van der Waals surface area contributed by atoms with Gasteiger partial charge in [-0.25, -0.2) is 4.98 Å². The number of carbonyl (C=O) groups is 1. The average Bonchev–Trinajstić information content (AvgIpc) is 2.78. The van der Waals surface area contributed by atoms with Gasteiger partial charge in [-0.15, -0.1) is 0 Å². The summed E-state index contributed by atoms with van der Waals surface area (Å²) < 4.78 is 0. The number of hydrogen-bond acceptors (Lipinski definition) is 7. The fraction of sp³-hybridized carbons (Fsp3) is 0.318. The second kappa shape index (κ2) is 8.04. The molecule has 1 aromatic heterocycles. The molecule has 2 aliphatic rings. The molecule has 2 aromatic carbocycles. The van der Waals surface area contributed by atoms with Gasteiger partial charge in [0.05, 0.1) is 22.4 Å². The first-order valence-corrected chi connectivity index (χ1v) is 10.5. The van der Waals surface area contributed by atoms with E-state index in [0.717, 1.165) is 5.56 Å². The zero-order chi connectivity index (χ0) is 22.2. The molecule has 1 fully saturated rings. The highest BCUT2D eigenvalue weighted by molar-refractivity contribution is 5.95. The monoisotopic (exact) mass is 434 g/mol. The number of aromatic nitrogens is 2. The first-order valence-electron chi connectivity index (χ1n) is 10.5. The van der Waals surface area contributed by atoms with Gasteiger partial charge in [-0.3, -0.25) is 24.6 Å². The van der Waals surface area contributed by atoms with Gasteiger partial charge >= 0.3 is 0 Å². The van der Waals surface area contributed by atoms with E-state index >= 15 is 0 Å². The lowest BCUT2D eigenvalue weighted by molar-refractivity contribution is -0.384. The highest BCUT2D eigenvalue weighted by atomic mass is 16.6. The lowest BCUT2D eigenvalue weighted by Crippen LogP contribution is -2.46. The maximum absolute atomic E-state index is 12.3. The molecule has 10 heteroatoms. The molecule has 0 aliphatic carbocycles. The van der Waals surface area contributed by atoms with Crippen molar-refractivity contribution in [3.63, 3.8) is 0 Å². The van der Waals surface area contributed by atoms with Crippen molar-refractivity contribution in [2.75, 3.05) is 36.4 Å². The second-order valence-corrected chi connectivity index (χ2v) is 8.10. The Kier molecular flexibility index (Phi) is 5.06. The zero-order valence-electron chi connectivity index (χ0n) is 17.3. The van der Waals surface area contributed by atoms with Crippen LogP contribution in [0, 0.1) is 10.1 Å². The Balaban J connectivity index is 1.33. The SMILES string of the molecule is O=C1CCc2cc([N+](=O)[O-])c(N3CCN(Cc4nc5ccccc5c(=O)[nH]4)CC3)cc2N1. The molecular weight excluding hydrogens is 412 g/mol. The number of benzene rings is 2. The predicted molar refractivity (Wildman–Crippen MR) is 120 cm³/mol. The standard InChI is InChI=1S/C22H22N6O4/c29-21-6-5-14-11-19(28(31)32)18(12-17(14)24-21)27-9-7-26(8-10-27)13-20-23-16-4-2-1-3-15(16)22(30)25-20/h1-4,11-12H,5-10,13H2,(H,24,29)(H,23,25,30). The van der Waals surface area contributed by atoms with Gasteiger partial charge in [0.1, 0.15) is 11.5 Å². The number of rotatable bonds is 4. The molecule has 10 nitrogen and oxygen atoms in total. The highest BCUT2D eigenvalue weighted by Gasteiger charge is 2.28. The lowest BCUT2D eigenvalue weighted by atomic mass is 10.0. The lowest BCUT2D eigenvalue weighted by Gasteiger charge is -2.36. The van der Waals surface area contributed by atoms with Crippen LogP contribution in [0.3, 0.4) is 0 Å². The van der Waals surface area contributed by atoms with Gasteiger partial charge in [-0.2, -0.15) is 0 Å². The Morgan fingerprint density at radius 2 is 1.84 bits per heavy atom. The number of anilines is 2. The Bertz CT molecular complexity index is 1280. The molecule has 1 saturated heterocycles. The summed E-state index contributed by atoms with van der Waals surface area (Å²) in [5.74, 6) is 0.531. The minimum atomic E-state index is -0.359. The van der Waals surface area contributed by atoms with Gasteiger partial charge in [0.25, 0.3) is 11.2 Å². The van der Waals surface area contributed by atoms with E-state index in [-0.39, 0.29) is 22.1 Å². The Morgan fingerprint density at radius 3 is 2.62 bits per heavy atom. The first-order chi connectivity index (χ1) is 15.5. The number of piperazine rings is 1. The van der Waals surface area contributed by atoms with E-state index in [0.29, 0.717) is 73.7 Å². The summed E-state index contributed by atoms with van der Waals surface area (Å²) in [7, 11) is 0. The Morgan fingerprint density at radius 1 is 1.06 bits per heavy atom. The van der Waals surface area contributed by atoms with Crippen molar-refractivity contribution in [1.29, 1.82) is 0 Å². The molecule has 0 atom stereocenters. The third kappa shape index (κ3) is 3.80. The van der Waals surface area contributed by atoms with E-state index in [4.69, 9.17) is 0 Å². The molecule has 32 heavy (non-hydrogen) atoms. The number of nitrogens with one attached hydrogen (secondary N) is 2. The van der Waals surface area contributed by atoms with E-state index in [1.165, 1.54) is 0 Å². The van der Waals surface area contributed by atoms with Gasteiger partial charge in [0.15, 0.2) is 0 Å². The van der Waals surface area contributed by atoms with Crippen molar-refractivity contribution >= 4 is 33.9 Å². The van der Waals surface area contributed by atoms with Crippen LogP contribution >= 0.6 is 0 Å². The molecule has 164 valence electrons. The second-order valence-electron chi connectivity index (χ2n) is 8.10. The van der Waals surface area contributed by atoms with Gasteiger partial charge in [-0.1, -0.05) is 12.1 Å². The Hall–Kier alpha value is -3.79. The molecule has 0 bridgehead atoms. The molecule has 3 heterocycles. The van der Waals surface area contributed by atoms with Crippen LogP contribution in [0.2, 0.25) is 0 Å². The number of carbonyl (C=O) groups excluding carboxylic acids is 1. The number of aromatic amines is 1.